The lowest BCUT2D eigenvalue weighted by molar-refractivity contribution is 0.0930. The van der Waals surface area contributed by atoms with Gasteiger partial charge in [0.05, 0.1) is 25.5 Å². The Bertz CT molecular complexity index is 985. The van der Waals surface area contributed by atoms with Gasteiger partial charge in [-0.2, -0.15) is 5.10 Å². The Hall–Kier alpha value is -3.32. The minimum absolute atomic E-state index is 0.0388. The average molecular weight is 409 g/mol. The van der Waals surface area contributed by atoms with Gasteiger partial charge >= 0.3 is 0 Å². The number of nitrogens with zero attached hydrogens (tertiary/aromatic N) is 2. The third-order valence-electron chi connectivity index (χ3n) is 4.78. The van der Waals surface area contributed by atoms with Crippen LogP contribution in [-0.4, -0.2) is 49.7 Å². The number of carbonyl (C=O) groups is 1. The first kappa shape index (κ1) is 21.4. The molecule has 0 bridgehead atoms. The maximum absolute atomic E-state index is 13.1. The lowest BCUT2D eigenvalue weighted by Gasteiger charge is -2.14. The van der Waals surface area contributed by atoms with Crippen molar-refractivity contribution >= 4 is 5.91 Å². The highest BCUT2D eigenvalue weighted by atomic mass is 16.5. The Kier molecular flexibility index (Phi) is 7.08. The zero-order valence-corrected chi connectivity index (χ0v) is 17.7. The van der Waals surface area contributed by atoms with Crippen molar-refractivity contribution in [2.24, 2.45) is 0 Å². The summed E-state index contributed by atoms with van der Waals surface area (Å²) in [5.41, 5.74) is 2.57. The second kappa shape index (κ2) is 9.93. The molecule has 0 saturated heterocycles. The Morgan fingerprint density at radius 3 is 2.53 bits per heavy atom. The Balaban J connectivity index is 2.05. The molecule has 1 heterocycles. The third kappa shape index (κ3) is 4.80. The number of hydrogen-bond donors (Lipinski definition) is 1. The standard InChI is InChI=1S/C23H27N3O4/c1-16(12-13-28-2)24-23(27)20-15-26(17-8-6-5-7-9-17)25-22(20)19-11-10-18(29-3)14-21(19)30-4/h5-11,14-16H,12-13H2,1-4H3,(H,24,27). The highest BCUT2D eigenvalue weighted by Crippen LogP contribution is 2.34. The molecule has 0 aliphatic carbocycles. The summed E-state index contributed by atoms with van der Waals surface area (Å²) < 4.78 is 17.7. The van der Waals surface area contributed by atoms with E-state index in [0.717, 1.165) is 12.1 Å². The molecule has 1 N–H and O–H groups in total. The molecule has 0 saturated carbocycles. The summed E-state index contributed by atoms with van der Waals surface area (Å²) in [6.45, 7) is 2.52. The first-order valence-electron chi connectivity index (χ1n) is 9.74. The van der Waals surface area contributed by atoms with Crippen LogP contribution in [0.1, 0.15) is 23.7 Å². The van der Waals surface area contributed by atoms with E-state index in [1.807, 2.05) is 49.4 Å². The van der Waals surface area contributed by atoms with E-state index in [2.05, 4.69) is 5.32 Å². The van der Waals surface area contributed by atoms with Crippen LogP contribution < -0.4 is 14.8 Å². The van der Waals surface area contributed by atoms with E-state index < -0.39 is 0 Å². The summed E-state index contributed by atoms with van der Waals surface area (Å²) >= 11 is 0. The van der Waals surface area contributed by atoms with Crippen molar-refractivity contribution < 1.29 is 19.0 Å². The van der Waals surface area contributed by atoms with Crippen LogP contribution in [0.25, 0.3) is 16.9 Å². The SMILES string of the molecule is COCCC(C)NC(=O)c1cn(-c2ccccc2)nc1-c1ccc(OC)cc1OC. The molecule has 0 aliphatic rings. The molecule has 1 amide bonds. The first-order valence-corrected chi connectivity index (χ1v) is 9.74. The average Bonchev–Trinajstić information content (AvgIpc) is 3.23. The van der Waals surface area contributed by atoms with Crippen molar-refractivity contribution in [1.82, 2.24) is 15.1 Å². The molecule has 30 heavy (non-hydrogen) atoms. The van der Waals surface area contributed by atoms with Crippen LogP contribution in [0.2, 0.25) is 0 Å². The van der Waals surface area contributed by atoms with Gasteiger partial charge in [0, 0.05) is 37.6 Å². The zero-order valence-electron chi connectivity index (χ0n) is 17.7. The Morgan fingerprint density at radius 1 is 1.10 bits per heavy atom. The first-order chi connectivity index (χ1) is 14.6. The molecule has 158 valence electrons. The van der Waals surface area contributed by atoms with Crippen molar-refractivity contribution in [2.75, 3.05) is 27.9 Å². The van der Waals surface area contributed by atoms with Crippen molar-refractivity contribution in [2.45, 2.75) is 19.4 Å². The summed E-state index contributed by atoms with van der Waals surface area (Å²) in [4.78, 5) is 13.1. The largest absolute Gasteiger partial charge is 0.497 e. The van der Waals surface area contributed by atoms with Crippen LogP contribution in [0, 0.1) is 0 Å². The van der Waals surface area contributed by atoms with E-state index in [4.69, 9.17) is 19.3 Å². The van der Waals surface area contributed by atoms with Gasteiger partial charge in [-0.25, -0.2) is 4.68 Å². The molecule has 0 fully saturated rings. The van der Waals surface area contributed by atoms with Gasteiger partial charge in [-0.05, 0) is 37.6 Å². The van der Waals surface area contributed by atoms with Crippen molar-refractivity contribution in [3.63, 3.8) is 0 Å². The Morgan fingerprint density at radius 2 is 1.87 bits per heavy atom. The van der Waals surface area contributed by atoms with E-state index >= 15 is 0 Å². The number of hydrogen-bond acceptors (Lipinski definition) is 5. The van der Waals surface area contributed by atoms with Crippen LogP contribution in [0.3, 0.4) is 0 Å². The number of para-hydroxylation sites is 1. The molecule has 7 heteroatoms. The van der Waals surface area contributed by atoms with Crippen molar-refractivity contribution in [3.8, 4) is 28.4 Å². The normalized spacial score (nSPS) is 11.7. The lowest BCUT2D eigenvalue weighted by atomic mass is 10.1. The number of carbonyl (C=O) groups excluding carboxylic acids is 1. The highest BCUT2D eigenvalue weighted by Gasteiger charge is 2.22. The molecular weight excluding hydrogens is 382 g/mol. The maximum atomic E-state index is 13.1. The summed E-state index contributed by atoms with van der Waals surface area (Å²) in [7, 11) is 4.82. The number of rotatable bonds is 9. The number of benzene rings is 2. The van der Waals surface area contributed by atoms with Gasteiger partial charge in [0.1, 0.15) is 17.2 Å². The number of methoxy groups -OCH3 is 3. The number of ether oxygens (including phenoxy) is 3. The summed E-state index contributed by atoms with van der Waals surface area (Å²) in [5, 5.41) is 7.74. The monoisotopic (exact) mass is 409 g/mol. The van der Waals surface area contributed by atoms with E-state index in [-0.39, 0.29) is 11.9 Å². The molecule has 2 aromatic carbocycles. The van der Waals surface area contributed by atoms with Crippen LogP contribution in [-0.2, 0) is 4.74 Å². The smallest absolute Gasteiger partial charge is 0.255 e. The topological polar surface area (TPSA) is 74.6 Å². The van der Waals surface area contributed by atoms with Crippen LogP contribution in [0.5, 0.6) is 11.5 Å². The third-order valence-corrected chi connectivity index (χ3v) is 4.78. The summed E-state index contributed by atoms with van der Waals surface area (Å²) in [6, 6.07) is 15.1. The predicted octanol–water partition coefficient (Wildman–Crippen LogP) is 3.71. The van der Waals surface area contributed by atoms with Gasteiger partial charge in [0.2, 0.25) is 0 Å². The number of nitrogens with one attached hydrogen (secondary N) is 1. The molecule has 7 nitrogen and oxygen atoms in total. The fourth-order valence-electron chi connectivity index (χ4n) is 3.11. The molecule has 0 spiro atoms. The second-order valence-corrected chi connectivity index (χ2v) is 6.89. The van der Waals surface area contributed by atoms with Gasteiger partial charge in [-0.3, -0.25) is 4.79 Å². The van der Waals surface area contributed by atoms with Gasteiger partial charge in [0.25, 0.3) is 5.91 Å². The maximum Gasteiger partial charge on any atom is 0.255 e. The van der Waals surface area contributed by atoms with Crippen molar-refractivity contribution in [3.05, 3.63) is 60.3 Å². The van der Waals surface area contributed by atoms with Gasteiger partial charge < -0.3 is 19.5 Å². The van der Waals surface area contributed by atoms with E-state index in [1.165, 1.54) is 0 Å². The molecule has 1 atom stereocenters. The molecular formula is C23H27N3O4. The molecule has 3 aromatic rings. The van der Waals surface area contributed by atoms with Gasteiger partial charge in [0.15, 0.2) is 0 Å². The van der Waals surface area contributed by atoms with E-state index in [9.17, 15) is 4.79 Å². The minimum Gasteiger partial charge on any atom is -0.497 e. The van der Waals surface area contributed by atoms with E-state index in [0.29, 0.717) is 34.9 Å². The fourth-order valence-corrected chi connectivity index (χ4v) is 3.11. The molecule has 1 aromatic heterocycles. The van der Waals surface area contributed by atoms with Gasteiger partial charge in [-0.1, -0.05) is 18.2 Å². The van der Waals surface area contributed by atoms with Crippen LogP contribution in [0.15, 0.2) is 54.7 Å². The molecule has 1 unspecified atom stereocenters. The van der Waals surface area contributed by atoms with E-state index in [1.54, 1.807) is 38.3 Å². The molecule has 0 aliphatic heterocycles. The predicted molar refractivity (Wildman–Crippen MR) is 116 cm³/mol. The summed E-state index contributed by atoms with van der Waals surface area (Å²) in [6.07, 6.45) is 2.46. The Labute approximate surface area is 176 Å². The van der Waals surface area contributed by atoms with Crippen molar-refractivity contribution in [1.29, 1.82) is 0 Å². The second-order valence-electron chi connectivity index (χ2n) is 6.89. The molecule has 0 radical (unpaired) electrons. The zero-order chi connectivity index (χ0) is 21.5. The van der Waals surface area contributed by atoms with Crippen LogP contribution >= 0.6 is 0 Å². The fraction of sp³-hybridized carbons (Fsp3) is 0.304. The van der Waals surface area contributed by atoms with Gasteiger partial charge in [-0.15, -0.1) is 0 Å². The highest BCUT2D eigenvalue weighted by molar-refractivity contribution is 6.00. The minimum atomic E-state index is -0.200. The number of aromatic nitrogens is 2. The summed E-state index contributed by atoms with van der Waals surface area (Å²) in [5.74, 6) is 1.04. The van der Waals surface area contributed by atoms with Crippen LogP contribution in [0.4, 0.5) is 0 Å². The lowest BCUT2D eigenvalue weighted by Crippen LogP contribution is -2.33. The number of amides is 1. The molecule has 3 rings (SSSR count). The quantitative estimate of drug-likeness (QED) is 0.583.